The number of hydrogen-bond donors (Lipinski definition) is 2. The van der Waals surface area contributed by atoms with Crippen LogP contribution < -0.4 is 0 Å². The molecule has 0 radical (unpaired) electrons. The first kappa shape index (κ1) is 14.4. The number of hydrogen-bond acceptors (Lipinski definition) is 4. The first-order valence-corrected chi connectivity index (χ1v) is 7.09. The smallest absolute Gasteiger partial charge is 0.354 e. The summed E-state index contributed by atoms with van der Waals surface area (Å²) in [6, 6.07) is 0. The number of aryl methyl sites for hydroxylation is 2. The first-order valence-electron chi connectivity index (χ1n) is 7.09. The Hall–Kier alpha value is -2.50. The first-order chi connectivity index (χ1) is 10.5. The van der Waals surface area contributed by atoms with Gasteiger partial charge in [-0.2, -0.15) is 0 Å². The molecule has 0 bridgehead atoms. The third kappa shape index (κ3) is 1.87. The molecule has 0 saturated heterocycles. The molecule has 3 rings (SSSR count). The average Bonchev–Trinajstić information content (AvgIpc) is 3.04. The number of nitrogens with one attached hydrogen (secondary N) is 2. The molecule has 2 heterocycles. The van der Waals surface area contributed by atoms with E-state index in [2.05, 4.69) is 9.97 Å². The Morgan fingerprint density at radius 3 is 1.50 bits per heavy atom. The Morgan fingerprint density at radius 1 is 0.818 bits per heavy atom. The van der Waals surface area contributed by atoms with Gasteiger partial charge in [0.2, 0.25) is 0 Å². The van der Waals surface area contributed by atoms with Crippen molar-refractivity contribution in [2.75, 3.05) is 14.2 Å². The van der Waals surface area contributed by atoms with E-state index in [1.807, 2.05) is 13.8 Å². The van der Waals surface area contributed by atoms with Gasteiger partial charge in [-0.1, -0.05) is 0 Å². The second-order valence-corrected chi connectivity index (χ2v) is 5.44. The number of fused-ring (bicyclic) bond motifs is 3. The summed E-state index contributed by atoms with van der Waals surface area (Å²) in [7, 11) is 2.73. The fraction of sp³-hybridized carbons (Fsp3) is 0.375. The molecule has 2 aromatic heterocycles. The highest BCUT2D eigenvalue weighted by atomic mass is 16.5. The van der Waals surface area contributed by atoms with E-state index in [1.54, 1.807) is 0 Å². The third-order valence-electron chi connectivity index (χ3n) is 4.31. The van der Waals surface area contributed by atoms with Crippen LogP contribution in [-0.4, -0.2) is 36.1 Å². The highest BCUT2D eigenvalue weighted by Crippen LogP contribution is 2.40. The second kappa shape index (κ2) is 5.05. The maximum absolute atomic E-state index is 11.9. The summed E-state index contributed by atoms with van der Waals surface area (Å²) in [6.07, 6.45) is 1.56. The van der Waals surface area contributed by atoms with Gasteiger partial charge < -0.3 is 19.4 Å². The second-order valence-electron chi connectivity index (χ2n) is 5.44. The van der Waals surface area contributed by atoms with E-state index >= 15 is 0 Å². The molecule has 116 valence electrons. The van der Waals surface area contributed by atoms with Crippen molar-refractivity contribution in [3.05, 3.63) is 33.9 Å². The molecule has 0 unspecified atom stereocenters. The predicted molar refractivity (Wildman–Crippen MR) is 80.1 cm³/mol. The molecule has 2 N–H and O–H groups in total. The van der Waals surface area contributed by atoms with Crippen LogP contribution in [0.1, 0.15) is 43.5 Å². The van der Waals surface area contributed by atoms with E-state index in [1.165, 1.54) is 14.2 Å². The number of carbonyl (C=O) groups is 2. The summed E-state index contributed by atoms with van der Waals surface area (Å²) < 4.78 is 9.64. The number of aromatic nitrogens is 2. The van der Waals surface area contributed by atoms with Crippen LogP contribution in [0.25, 0.3) is 11.1 Å². The van der Waals surface area contributed by atoms with Crippen LogP contribution in [0.4, 0.5) is 0 Å². The van der Waals surface area contributed by atoms with Crippen LogP contribution in [0, 0.1) is 13.8 Å². The van der Waals surface area contributed by atoms with E-state index in [4.69, 9.17) is 9.47 Å². The Bertz CT molecular complexity index is 716. The molecule has 0 aliphatic heterocycles. The molecule has 1 aliphatic rings. The van der Waals surface area contributed by atoms with Crippen molar-refractivity contribution in [3.63, 3.8) is 0 Å². The van der Waals surface area contributed by atoms with Crippen LogP contribution in [0.3, 0.4) is 0 Å². The molecule has 0 spiro atoms. The van der Waals surface area contributed by atoms with Crippen LogP contribution in [-0.2, 0) is 22.3 Å². The Kier molecular flexibility index (Phi) is 3.31. The largest absolute Gasteiger partial charge is 0.464 e. The van der Waals surface area contributed by atoms with Crippen LogP contribution in [0.2, 0.25) is 0 Å². The summed E-state index contributed by atoms with van der Waals surface area (Å²) in [4.78, 5) is 30.1. The van der Waals surface area contributed by atoms with Crippen molar-refractivity contribution in [1.29, 1.82) is 0 Å². The number of esters is 2. The molecular weight excluding hydrogens is 284 g/mol. The number of methoxy groups -OCH3 is 2. The number of carbonyl (C=O) groups excluding carboxylic acids is 2. The van der Waals surface area contributed by atoms with Gasteiger partial charge in [0.25, 0.3) is 0 Å². The minimum absolute atomic E-state index is 0.380. The highest BCUT2D eigenvalue weighted by molar-refractivity contribution is 5.97. The summed E-state index contributed by atoms with van der Waals surface area (Å²) >= 11 is 0. The molecule has 2 aromatic rings. The monoisotopic (exact) mass is 302 g/mol. The molecule has 0 saturated carbocycles. The van der Waals surface area contributed by atoms with Gasteiger partial charge in [-0.15, -0.1) is 0 Å². The van der Waals surface area contributed by atoms with Gasteiger partial charge in [-0.3, -0.25) is 0 Å². The third-order valence-corrected chi connectivity index (χ3v) is 4.31. The Labute approximate surface area is 127 Å². The Balaban J connectivity index is 2.21. The van der Waals surface area contributed by atoms with Crippen LogP contribution >= 0.6 is 0 Å². The summed E-state index contributed by atoms with van der Waals surface area (Å²) in [5.74, 6) is -0.760. The van der Waals surface area contributed by atoms with Gasteiger partial charge in [0.1, 0.15) is 11.4 Å². The summed E-state index contributed by atoms with van der Waals surface area (Å²) in [6.45, 7) is 3.78. The maximum atomic E-state index is 11.9. The van der Waals surface area contributed by atoms with Crippen molar-refractivity contribution in [1.82, 2.24) is 9.97 Å². The highest BCUT2D eigenvalue weighted by Gasteiger charge is 2.30. The molecule has 0 atom stereocenters. The molecule has 6 nitrogen and oxygen atoms in total. The zero-order chi connectivity index (χ0) is 16.0. The SMILES string of the molecule is COC(=O)c1[nH]c2c(c1C)-c1c([nH]c(C(=O)OC)c1C)CC2. The van der Waals surface area contributed by atoms with Crippen molar-refractivity contribution >= 4 is 11.9 Å². The van der Waals surface area contributed by atoms with Gasteiger partial charge >= 0.3 is 11.9 Å². The lowest BCUT2D eigenvalue weighted by molar-refractivity contribution is 0.0585. The molecular formula is C16H18N2O4. The zero-order valence-electron chi connectivity index (χ0n) is 13.0. The lowest BCUT2D eigenvalue weighted by Gasteiger charge is -2.14. The van der Waals surface area contributed by atoms with E-state index in [0.29, 0.717) is 11.4 Å². The van der Waals surface area contributed by atoms with Gasteiger partial charge in [-0.25, -0.2) is 9.59 Å². The van der Waals surface area contributed by atoms with E-state index in [9.17, 15) is 9.59 Å². The lowest BCUT2D eigenvalue weighted by Crippen LogP contribution is -2.04. The van der Waals surface area contributed by atoms with E-state index in [0.717, 1.165) is 46.5 Å². The average molecular weight is 302 g/mol. The van der Waals surface area contributed by atoms with Crippen molar-refractivity contribution < 1.29 is 19.1 Å². The fourth-order valence-corrected chi connectivity index (χ4v) is 3.23. The maximum Gasteiger partial charge on any atom is 0.354 e. The molecule has 0 amide bonds. The minimum atomic E-state index is -0.380. The standard InChI is InChI=1S/C16H18N2O4/c1-7-11-9(17-13(7)15(19)21-3)5-6-10-12(11)8(2)14(18-10)16(20)22-4/h17-18H,5-6H2,1-4H3. The zero-order valence-corrected chi connectivity index (χ0v) is 13.0. The fourth-order valence-electron chi connectivity index (χ4n) is 3.23. The molecule has 22 heavy (non-hydrogen) atoms. The van der Waals surface area contributed by atoms with Crippen LogP contribution in [0.15, 0.2) is 0 Å². The van der Waals surface area contributed by atoms with Gasteiger partial charge in [-0.05, 0) is 37.8 Å². The quantitative estimate of drug-likeness (QED) is 0.834. The normalized spacial score (nSPS) is 12.5. The topological polar surface area (TPSA) is 84.2 Å². The van der Waals surface area contributed by atoms with Gasteiger partial charge in [0, 0.05) is 22.5 Å². The van der Waals surface area contributed by atoms with Gasteiger partial charge in [0.15, 0.2) is 0 Å². The summed E-state index contributed by atoms with van der Waals surface area (Å²) in [5.41, 5.74) is 6.63. The lowest BCUT2D eigenvalue weighted by atomic mass is 9.90. The molecule has 0 fully saturated rings. The van der Waals surface area contributed by atoms with Crippen molar-refractivity contribution in [2.24, 2.45) is 0 Å². The van der Waals surface area contributed by atoms with Crippen molar-refractivity contribution in [2.45, 2.75) is 26.7 Å². The number of ether oxygens (including phenoxy) is 2. The number of rotatable bonds is 2. The van der Waals surface area contributed by atoms with E-state index in [-0.39, 0.29) is 11.9 Å². The number of aromatic amines is 2. The van der Waals surface area contributed by atoms with Gasteiger partial charge in [0.05, 0.1) is 14.2 Å². The molecule has 0 aromatic carbocycles. The predicted octanol–water partition coefficient (Wildman–Crippen LogP) is 2.30. The molecule has 1 aliphatic carbocycles. The van der Waals surface area contributed by atoms with E-state index < -0.39 is 0 Å². The number of H-pyrrole nitrogens is 2. The minimum Gasteiger partial charge on any atom is -0.464 e. The molecule has 6 heteroatoms. The Morgan fingerprint density at radius 2 is 1.18 bits per heavy atom. The van der Waals surface area contributed by atoms with Crippen LogP contribution in [0.5, 0.6) is 0 Å². The van der Waals surface area contributed by atoms with Crippen molar-refractivity contribution in [3.8, 4) is 11.1 Å². The summed E-state index contributed by atoms with van der Waals surface area (Å²) in [5, 5.41) is 0.